The van der Waals surface area contributed by atoms with Crippen LogP contribution in [0.5, 0.6) is 0 Å². The Labute approximate surface area is 133 Å². The normalized spacial score (nSPS) is 14.0. The van der Waals surface area contributed by atoms with Gasteiger partial charge in [-0.05, 0) is 49.5 Å². The van der Waals surface area contributed by atoms with E-state index in [1.54, 1.807) is 6.92 Å². The van der Waals surface area contributed by atoms with E-state index < -0.39 is 0 Å². The van der Waals surface area contributed by atoms with Crippen molar-refractivity contribution in [2.24, 2.45) is 0 Å². The third-order valence-corrected chi connectivity index (χ3v) is 4.54. The number of thiophene rings is 1. The highest BCUT2D eigenvalue weighted by molar-refractivity contribution is 7.15. The molecule has 1 aromatic heterocycles. The van der Waals surface area contributed by atoms with Crippen LogP contribution < -0.4 is 5.32 Å². The number of unbranched alkanes of at least 4 members (excludes halogenated alkanes) is 1. The Bertz CT molecular complexity index is 511. The van der Waals surface area contributed by atoms with Crippen LogP contribution in [0, 0.1) is 0 Å². The zero-order chi connectivity index (χ0) is 15.2. The van der Waals surface area contributed by atoms with Crippen LogP contribution in [-0.4, -0.2) is 24.4 Å². The molecule has 0 aliphatic heterocycles. The summed E-state index contributed by atoms with van der Waals surface area (Å²) in [5.41, 5.74) is 1.57. The molecule has 21 heavy (non-hydrogen) atoms. The highest BCUT2D eigenvalue weighted by atomic mass is 35.5. The van der Waals surface area contributed by atoms with Gasteiger partial charge in [0, 0.05) is 12.3 Å². The largest absolute Gasteiger partial charge is 0.462 e. The lowest BCUT2D eigenvalue weighted by atomic mass is 10.1. The Morgan fingerprint density at radius 2 is 2.19 bits per heavy atom. The molecule has 0 unspecified atom stereocenters. The number of ether oxygens (including phenoxy) is 1. The van der Waals surface area contributed by atoms with E-state index >= 15 is 0 Å². The first-order chi connectivity index (χ1) is 10.2. The summed E-state index contributed by atoms with van der Waals surface area (Å²) in [6, 6.07) is 0. The molecular weight excluding hydrogens is 310 g/mol. The summed E-state index contributed by atoms with van der Waals surface area (Å²) in [7, 11) is 0. The zero-order valence-electron chi connectivity index (χ0n) is 12.1. The maximum Gasteiger partial charge on any atom is 0.341 e. The third-order valence-electron chi connectivity index (χ3n) is 3.36. The number of hydrogen-bond donors (Lipinski definition) is 1. The molecule has 0 bridgehead atoms. The van der Waals surface area contributed by atoms with Crippen molar-refractivity contribution in [3.05, 3.63) is 16.5 Å². The van der Waals surface area contributed by atoms with Gasteiger partial charge in [-0.2, -0.15) is 0 Å². The van der Waals surface area contributed by atoms with E-state index in [1.165, 1.54) is 11.3 Å². The number of halogens is 1. The lowest BCUT2D eigenvalue weighted by molar-refractivity contribution is -0.116. The van der Waals surface area contributed by atoms with E-state index in [9.17, 15) is 9.59 Å². The first-order valence-electron chi connectivity index (χ1n) is 7.31. The predicted molar refractivity (Wildman–Crippen MR) is 85.5 cm³/mol. The Kier molecular flexibility index (Phi) is 6.06. The summed E-state index contributed by atoms with van der Waals surface area (Å²) >= 11 is 7.01. The van der Waals surface area contributed by atoms with Crippen molar-refractivity contribution in [3.63, 3.8) is 0 Å². The molecular formula is C15H20ClNO3S. The second-order valence-corrected chi connectivity index (χ2v) is 6.34. The minimum Gasteiger partial charge on any atom is -0.462 e. The van der Waals surface area contributed by atoms with Crippen molar-refractivity contribution in [1.29, 1.82) is 0 Å². The average Bonchev–Trinajstić information content (AvgIpc) is 3.21. The summed E-state index contributed by atoms with van der Waals surface area (Å²) in [5.74, 6) is 0.598. The molecule has 1 heterocycles. The molecule has 0 radical (unpaired) electrons. The monoisotopic (exact) mass is 329 g/mol. The quantitative estimate of drug-likeness (QED) is 0.443. The second-order valence-electron chi connectivity index (χ2n) is 5.08. The van der Waals surface area contributed by atoms with Gasteiger partial charge in [0.25, 0.3) is 0 Å². The van der Waals surface area contributed by atoms with E-state index in [0.717, 1.165) is 31.2 Å². The SMILES string of the molecule is CCOC(=O)c1c(C2CC2)csc1NC(=O)CCCCCl. The van der Waals surface area contributed by atoms with Gasteiger partial charge in [-0.3, -0.25) is 4.79 Å². The fourth-order valence-corrected chi connectivity index (χ4v) is 3.38. The van der Waals surface area contributed by atoms with Crippen LogP contribution in [0.1, 0.15) is 60.9 Å². The smallest absolute Gasteiger partial charge is 0.341 e. The number of esters is 1. The van der Waals surface area contributed by atoms with Crippen LogP contribution in [-0.2, 0) is 9.53 Å². The summed E-state index contributed by atoms with van der Waals surface area (Å²) in [6.07, 6.45) is 4.20. The molecule has 0 spiro atoms. The van der Waals surface area contributed by atoms with Crippen LogP contribution in [0.4, 0.5) is 5.00 Å². The van der Waals surface area contributed by atoms with Gasteiger partial charge >= 0.3 is 5.97 Å². The number of carbonyl (C=O) groups excluding carboxylic acids is 2. The minimum atomic E-state index is -0.336. The summed E-state index contributed by atoms with van der Waals surface area (Å²) in [6.45, 7) is 2.12. The Balaban J connectivity index is 2.07. The topological polar surface area (TPSA) is 55.4 Å². The molecule has 1 fully saturated rings. The van der Waals surface area contributed by atoms with Crippen LogP contribution in [0.3, 0.4) is 0 Å². The van der Waals surface area contributed by atoms with Crippen molar-refractivity contribution in [3.8, 4) is 0 Å². The van der Waals surface area contributed by atoms with Gasteiger partial charge in [-0.1, -0.05) is 0 Å². The maximum absolute atomic E-state index is 12.1. The Hall–Kier alpha value is -1.07. The molecule has 1 aliphatic carbocycles. The maximum atomic E-state index is 12.1. The summed E-state index contributed by atoms with van der Waals surface area (Å²) < 4.78 is 5.12. The van der Waals surface area contributed by atoms with Gasteiger partial charge < -0.3 is 10.1 Å². The van der Waals surface area contributed by atoms with E-state index in [0.29, 0.717) is 35.4 Å². The first kappa shape index (κ1) is 16.3. The van der Waals surface area contributed by atoms with Gasteiger partial charge in [0.15, 0.2) is 0 Å². The highest BCUT2D eigenvalue weighted by Crippen LogP contribution is 2.46. The third kappa shape index (κ3) is 4.45. The van der Waals surface area contributed by atoms with Crippen molar-refractivity contribution >= 4 is 39.8 Å². The number of nitrogens with one attached hydrogen (secondary N) is 1. The fraction of sp³-hybridized carbons (Fsp3) is 0.600. The van der Waals surface area contributed by atoms with Crippen molar-refractivity contribution in [2.75, 3.05) is 17.8 Å². The number of anilines is 1. The van der Waals surface area contributed by atoms with Crippen LogP contribution in [0.2, 0.25) is 0 Å². The van der Waals surface area contributed by atoms with Crippen LogP contribution >= 0.6 is 22.9 Å². The highest BCUT2D eigenvalue weighted by Gasteiger charge is 2.32. The van der Waals surface area contributed by atoms with Crippen LogP contribution in [0.25, 0.3) is 0 Å². The lowest BCUT2D eigenvalue weighted by Gasteiger charge is -2.08. The molecule has 0 aromatic carbocycles. The molecule has 4 nitrogen and oxygen atoms in total. The molecule has 1 aliphatic rings. The van der Waals surface area contributed by atoms with Gasteiger partial charge in [0.05, 0.1) is 12.2 Å². The van der Waals surface area contributed by atoms with E-state index in [-0.39, 0.29) is 11.9 Å². The molecule has 2 rings (SSSR count). The number of hydrogen-bond acceptors (Lipinski definition) is 4. The first-order valence-corrected chi connectivity index (χ1v) is 8.73. The number of amides is 1. The van der Waals surface area contributed by atoms with E-state index in [2.05, 4.69) is 5.32 Å². The number of rotatable bonds is 8. The van der Waals surface area contributed by atoms with Crippen LogP contribution in [0.15, 0.2) is 5.38 Å². The van der Waals surface area contributed by atoms with Crippen molar-refractivity contribution in [1.82, 2.24) is 0 Å². The van der Waals surface area contributed by atoms with Gasteiger partial charge in [-0.15, -0.1) is 22.9 Å². The van der Waals surface area contributed by atoms with Gasteiger partial charge in [0.2, 0.25) is 5.91 Å². The summed E-state index contributed by atoms with van der Waals surface area (Å²) in [4.78, 5) is 24.1. The molecule has 0 atom stereocenters. The zero-order valence-corrected chi connectivity index (χ0v) is 13.7. The van der Waals surface area contributed by atoms with Gasteiger partial charge in [0.1, 0.15) is 5.00 Å². The number of carbonyl (C=O) groups is 2. The Morgan fingerprint density at radius 1 is 1.43 bits per heavy atom. The Morgan fingerprint density at radius 3 is 2.81 bits per heavy atom. The van der Waals surface area contributed by atoms with Gasteiger partial charge in [-0.25, -0.2) is 4.79 Å². The average molecular weight is 330 g/mol. The molecule has 116 valence electrons. The lowest BCUT2D eigenvalue weighted by Crippen LogP contribution is -2.14. The second kappa shape index (κ2) is 7.80. The molecule has 1 aromatic rings. The van der Waals surface area contributed by atoms with E-state index in [4.69, 9.17) is 16.3 Å². The molecule has 6 heteroatoms. The fourth-order valence-electron chi connectivity index (χ4n) is 2.14. The standard InChI is InChI=1S/C15H20ClNO3S/c1-2-20-15(19)13-11(10-6-7-10)9-21-14(13)17-12(18)5-3-4-8-16/h9-10H,2-8H2,1H3,(H,17,18). The predicted octanol–water partition coefficient (Wildman–Crippen LogP) is 4.15. The minimum absolute atomic E-state index is 0.0742. The van der Waals surface area contributed by atoms with Crippen molar-refractivity contribution in [2.45, 2.75) is 44.9 Å². The van der Waals surface area contributed by atoms with Crippen molar-refractivity contribution < 1.29 is 14.3 Å². The summed E-state index contributed by atoms with van der Waals surface area (Å²) in [5, 5.41) is 5.43. The number of alkyl halides is 1. The molecule has 1 N–H and O–H groups in total. The molecule has 1 amide bonds. The molecule has 0 saturated heterocycles. The molecule has 1 saturated carbocycles. The van der Waals surface area contributed by atoms with E-state index in [1.807, 2.05) is 5.38 Å².